The minimum Gasteiger partial charge on any atom is -0.159 e. The maximum absolute atomic E-state index is 5.25. The van der Waals surface area contributed by atoms with E-state index in [1.54, 1.807) is 6.20 Å². The van der Waals surface area contributed by atoms with Gasteiger partial charge in [-0.2, -0.15) is 10.2 Å². The Bertz CT molecular complexity index is 152. The molecule has 0 N–H and O–H groups in total. The molecule has 0 fully saturated rings. The number of nitrogens with zero attached hydrogens (tertiary/aromatic N) is 2. The smallest absolute Gasteiger partial charge is 0.0738 e. The van der Waals surface area contributed by atoms with Gasteiger partial charge >= 0.3 is 0 Å². The third kappa shape index (κ3) is 1.06. The third-order valence-corrected chi connectivity index (χ3v) is 0.837. The molecule has 0 aliphatic rings. The lowest BCUT2D eigenvalue weighted by Crippen LogP contribution is -1.89. The van der Waals surface area contributed by atoms with E-state index in [9.17, 15) is 0 Å². The van der Waals surface area contributed by atoms with Gasteiger partial charge in [-0.15, -0.1) is 0 Å². The molecule has 0 aliphatic carbocycles. The van der Waals surface area contributed by atoms with E-state index in [-0.39, 0.29) is 0 Å². The molecule has 0 aliphatic heterocycles. The number of aromatic nitrogens is 2. The fraction of sp³-hybridized carbons (Fsp3) is 0.200. The molecule has 0 saturated heterocycles. The molecule has 1 heterocycles. The van der Waals surface area contributed by atoms with Crippen LogP contribution >= 0.6 is 0 Å². The van der Waals surface area contributed by atoms with Crippen molar-refractivity contribution in [3.8, 4) is 0 Å². The molecule has 3 heteroatoms. The first-order valence-corrected chi connectivity index (χ1v) is 2.40. The van der Waals surface area contributed by atoms with Crippen LogP contribution in [-0.2, 0) is 6.32 Å². The van der Waals surface area contributed by atoms with Crippen molar-refractivity contribution in [2.75, 3.05) is 0 Å². The van der Waals surface area contributed by atoms with E-state index in [0.29, 0.717) is 6.32 Å². The van der Waals surface area contributed by atoms with E-state index in [1.165, 1.54) is 0 Å². The highest BCUT2D eigenvalue weighted by atomic mass is 15.1. The van der Waals surface area contributed by atoms with Crippen molar-refractivity contribution >= 4 is 7.85 Å². The van der Waals surface area contributed by atoms with Gasteiger partial charge in [-0.3, -0.25) is 0 Å². The molecular formula is C5H5BN2. The first kappa shape index (κ1) is 5.28. The van der Waals surface area contributed by atoms with Gasteiger partial charge in [0.1, 0.15) is 0 Å². The Morgan fingerprint density at radius 2 is 2.50 bits per heavy atom. The molecule has 1 aromatic rings. The lowest BCUT2D eigenvalue weighted by Gasteiger charge is -1.87. The van der Waals surface area contributed by atoms with Gasteiger partial charge in [0.25, 0.3) is 0 Å². The lowest BCUT2D eigenvalue weighted by atomic mass is 10.0. The molecule has 0 amide bonds. The molecule has 0 bridgehead atoms. The molecule has 0 atom stereocenters. The molecule has 0 unspecified atom stereocenters. The summed E-state index contributed by atoms with van der Waals surface area (Å²) in [6.07, 6.45) is 2.09. The van der Waals surface area contributed by atoms with E-state index in [4.69, 9.17) is 7.85 Å². The first-order valence-electron chi connectivity index (χ1n) is 2.40. The molecule has 0 aromatic carbocycles. The lowest BCUT2D eigenvalue weighted by molar-refractivity contribution is 0.969. The van der Waals surface area contributed by atoms with Gasteiger partial charge in [0.05, 0.1) is 13.5 Å². The predicted molar refractivity (Wildman–Crippen MR) is 31.5 cm³/mol. The highest BCUT2D eigenvalue weighted by molar-refractivity contribution is 6.08. The van der Waals surface area contributed by atoms with Gasteiger partial charge in [-0.25, -0.2) is 0 Å². The van der Waals surface area contributed by atoms with Gasteiger partial charge in [-0.05, 0) is 18.5 Å². The zero-order valence-electron chi connectivity index (χ0n) is 4.41. The summed E-state index contributed by atoms with van der Waals surface area (Å²) in [5, 5.41) is 7.35. The Hall–Kier alpha value is -0.855. The normalized spacial score (nSPS) is 9.00. The quantitative estimate of drug-likeness (QED) is 0.473. The number of hydrogen-bond acceptors (Lipinski definition) is 2. The molecule has 0 spiro atoms. The van der Waals surface area contributed by atoms with Crippen LogP contribution in [0.4, 0.5) is 0 Å². The van der Waals surface area contributed by atoms with E-state index >= 15 is 0 Å². The maximum Gasteiger partial charge on any atom is 0.0738 e. The van der Waals surface area contributed by atoms with Crippen LogP contribution in [0, 0.1) is 0 Å². The van der Waals surface area contributed by atoms with Crippen LogP contribution in [0.25, 0.3) is 0 Å². The van der Waals surface area contributed by atoms with Crippen molar-refractivity contribution in [3.63, 3.8) is 0 Å². The Kier molecular flexibility index (Phi) is 1.62. The maximum atomic E-state index is 5.25. The summed E-state index contributed by atoms with van der Waals surface area (Å²) < 4.78 is 0. The highest BCUT2D eigenvalue weighted by Crippen LogP contribution is 1.86. The second kappa shape index (κ2) is 2.45. The second-order valence-corrected chi connectivity index (χ2v) is 1.42. The number of hydrogen-bond donors (Lipinski definition) is 0. The molecular weight excluding hydrogens is 98.9 g/mol. The number of rotatable bonds is 1. The van der Waals surface area contributed by atoms with Gasteiger partial charge in [-0.1, -0.05) is 0 Å². The SMILES string of the molecule is [B]Cc1cccnn1. The van der Waals surface area contributed by atoms with Crippen LogP contribution in [-0.4, -0.2) is 18.0 Å². The minimum atomic E-state index is 0.466. The summed E-state index contributed by atoms with van der Waals surface area (Å²) in [6.45, 7) is 0. The summed E-state index contributed by atoms with van der Waals surface area (Å²) in [7, 11) is 5.25. The first-order chi connectivity index (χ1) is 3.93. The Morgan fingerprint density at radius 1 is 1.62 bits per heavy atom. The average Bonchev–Trinajstić information content (AvgIpc) is 1.90. The van der Waals surface area contributed by atoms with Crippen LogP contribution < -0.4 is 0 Å². The Morgan fingerprint density at radius 3 is 2.88 bits per heavy atom. The van der Waals surface area contributed by atoms with Crippen molar-refractivity contribution in [3.05, 3.63) is 24.0 Å². The van der Waals surface area contributed by atoms with Crippen molar-refractivity contribution in [2.24, 2.45) is 0 Å². The summed E-state index contributed by atoms with van der Waals surface area (Å²) in [6, 6.07) is 3.65. The second-order valence-electron chi connectivity index (χ2n) is 1.42. The van der Waals surface area contributed by atoms with E-state index in [0.717, 1.165) is 5.69 Å². The van der Waals surface area contributed by atoms with Gasteiger partial charge in [0.2, 0.25) is 0 Å². The Balaban J connectivity index is 2.83. The van der Waals surface area contributed by atoms with Crippen molar-refractivity contribution in [1.82, 2.24) is 10.2 Å². The highest BCUT2D eigenvalue weighted by Gasteiger charge is 1.82. The monoisotopic (exact) mass is 104 g/mol. The summed E-state index contributed by atoms with van der Waals surface area (Å²) in [5.41, 5.74) is 0.826. The van der Waals surface area contributed by atoms with Crippen molar-refractivity contribution in [2.45, 2.75) is 6.32 Å². The molecule has 2 radical (unpaired) electrons. The van der Waals surface area contributed by atoms with Crippen molar-refractivity contribution in [1.29, 1.82) is 0 Å². The summed E-state index contributed by atoms with van der Waals surface area (Å²) >= 11 is 0. The van der Waals surface area contributed by atoms with Crippen molar-refractivity contribution < 1.29 is 0 Å². The zero-order valence-corrected chi connectivity index (χ0v) is 4.41. The molecule has 1 rings (SSSR count). The van der Waals surface area contributed by atoms with Crippen LogP contribution in [0.3, 0.4) is 0 Å². The molecule has 2 nitrogen and oxygen atoms in total. The summed E-state index contributed by atoms with van der Waals surface area (Å²) in [4.78, 5) is 0. The van der Waals surface area contributed by atoms with E-state index in [2.05, 4.69) is 10.2 Å². The van der Waals surface area contributed by atoms with Crippen LogP contribution in [0.5, 0.6) is 0 Å². The Labute approximate surface area is 49.4 Å². The van der Waals surface area contributed by atoms with Gasteiger partial charge in [0.15, 0.2) is 0 Å². The fourth-order valence-corrected chi connectivity index (χ4v) is 0.442. The minimum absolute atomic E-state index is 0.466. The molecule has 8 heavy (non-hydrogen) atoms. The molecule has 0 saturated carbocycles. The van der Waals surface area contributed by atoms with Crippen LogP contribution in [0.2, 0.25) is 0 Å². The fourth-order valence-electron chi connectivity index (χ4n) is 0.442. The van der Waals surface area contributed by atoms with Gasteiger partial charge in [0, 0.05) is 6.20 Å². The molecule has 1 aromatic heterocycles. The topological polar surface area (TPSA) is 25.8 Å². The standard InChI is InChI=1S/C5H5BN2/c6-4-5-2-1-3-7-8-5/h1-3H,4H2. The summed E-state index contributed by atoms with van der Waals surface area (Å²) in [5.74, 6) is 0. The average molecular weight is 104 g/mol. The third-order valence-electron chi connectivity index (χ3n) is 0.837. The van der Waals surface area contributed by atoms with Gasteiger partial charge < -0.3 is 0 Å². The largest absolute Gasteiger partial charge is 0.159 e. The molecule has 38 valence electrons. The van der Waals surface area contributed by atoms with E-state index in [1.807, 2.05) is 12.1 Å². The van der Waals surface area contributed by atoms with E-state index < -0.39 is 0 Å². The van der Waals surface area contributed by atoms with Crippen LogP contribution in [0.1, 0.15) is 5.69 Å². The predicted octanol–water partition coefficient (Wildman–Crippen LogP) is 0.145. The zero-order chi connectivity index (χ0) is 5.82. The van der Waals surface area contributed by atoms with Crippen LogP contribution in [0.15, 0.2) is 18.3 Å².